The van der Waals surface area contributed by atoms with Crippen LogP contribution >= 0.6 is 0 Å². The molecule has 1 N–H and O–H groups in total. The van der Waals surface area contributed by atoms with E-state index < -0.39 is 0 Å². The van der Waals surface area contributed by atoms with Gasteiger partial charge in [-0.15, -0.1) is 16.8 Å². The largest absolute Gasteiger partial charge is 0.383 e. The molecule has 0 aliphatic heterocycles. The number of hydrogen-bond donors (Lipinski definition) is 1. The van der Waals surface area contributed by atoms with Crippen LogP contribution in [0.4, 0.5) is 0 Å². The zero-order chi connectivity index (χ0) is 12.7. The third-order valence-corrected chi connectivity index (χ3v) is 2.62. The van der Waals surface area contributed by atoms with Crippen LogP contribution in [0.3, 0.4) is 0 Å². The maximum atomic E-state index is 4.99. The first-order valence-corrected chi connectivity index (χ1v) is 5.66. The molecule has 0 amide bonds. The topological polar surface area (TPSA) is 64.9 Å². The minimum absolute atomic E-state index is 0.0726. The predicted molar refractivity (Wildman–Crippen MR) is 65.6 cm³/mol. The first-order valence-electron chi connectivity index (χ1n) is 5.66. The molecule has 0 saturated carbocycles. The molecule has 96 valence electrons. The van der Waals surface area contributed by atoms with Gasteiger partial charge in [-0.25, -0.2) is 0 Å². The summed E-state index contributed by atoms with van der Waals surface area (Å²) in [4.78, 5) is 1.47. The highest BCUT2D eigenvalue weighted by Gasteiger charge is 2.22. The van der Waals surface area contributed by atoms with Gasteiger partial charge in [0.1, 0.15) is 0 Å². The van der Waals surface area contributed by atoms with Gasteiger partial charge in [-0.05, 0) is 5.21 Å². The number of ether oxygens (including phenoxy) is 1. The molecule has 6 nitrogen and oxygen atoms in total. The molecule has 0 fully saturated rings. The van der Waals surface area contributed by atoms with E-state index in [1.807, 2.05) is 6.08 Å². The van der Waals surface area contributed by atoms with E-state index in [1.165, 1.54) is 4.80 Å². The Morgan fingerprint density at radius 1 is 1.59 bits per heavy atom. The van der Waals surface area contributed by atoms with Crippen LogP contribution in [-0.4, -0.2) is 47.0 Å². The van der Waals surface area contributed by atoms with E-state index in [2.05, 4.69) is 34.2 Å². The van der Waals surface area contributed by atoms with E-state index in [9.17, 15) is 0 Å². The molecule has 1 aromatic rings. The quantitative estimate of drug-likeness (QED) is 0.518. The van der Waals surface area contributed by atoms with Crippen molar-refractivity contribution in [3.8, 4) is 0 Å². The maximum Gasteiger partial charge on any atom is 0.175 e. The summed E-state index contributed by atoms with van der Waals surface area (Å²) in [5.74, 6) is 0.739. The lowest BCUT2D eigenvalue weighted by atomic mass is 9.86. The zero-order valence-electron chi connectivity index (χ0n) is 10.8. The lowest BCUT2D eigenvalue weighted by Gasteiger charge is -2.24. The van der Waals surface area contributed by atoms with E-state index in [0.717, 1.165) is 25.3 Å². The summed E-state index contributed by atoms with van der Waals surface area (Å²) in [6.45, 7) is 8.35. The molecular formula is C11H21N5O. The van der Waals surface area contributed by atoms with Gasteiger partial charge in [-0.2, -0.15) is 4.80 Å². The van der Waals surface area contributed by atoms with Crippen LogP contribution < -0.4 is 5.32 Å². The van der Waals surface area contributed by atoms with Gasteiger partial charge in [0.15, 0.2) is 5.82 Å². The van der Waals surface area contributed by atoms with Crippen LogP contribution in [0.2, 0.25) is 0 Å². The first kappa shape index (κ1) is 13.8. The lowest BCUT2D eigenvalue weighted by molar-refractivity contribution is 0.195. The summed E-state index contributed by atoms with van der Waals surface area (Å²) in [5.41, 5.74) is -0.0726. The van der Waals surface area contributed by atoms with Gasteiger partial charge in [0.25, 0.3) is 0 Å². The monoisotopic (exact) mass is 239 g/mol. The van der Waals surface area contributed by atoms with Gasteiger partial charge in [-0.1, -0.05) is 13.0 Å². The van der Waals surface area contributed by atoms with Crippen molar-refractivity contribution in [1.82, 2.24) is 25.5 Å². The van der Waals surface area contributed by atoms with Crippen LogP contribution in [0.25, 0.3) is 0 Å². The number of aryl methyl sites for hydroxylation is 1. The second kappa shape index (κ2) is 6.46. The van der Waals surface area contributed by atoms with Crippen molar-refractivity contribution in [2.24, 2.45) is 12.5 Å². The summed E-state index contributed by atoms with van der Waals surface area (Å²) in [6, 6.07) is 0. The van der Waals surface area contributed by atoms with Gasteiger partial charge in [0.05, 0.1) is 13.7 Å². The third-order valence-electron chi connectivity index (χ3n) is 2.62. The van der Waals surface area contributed by atoms with Crippen molar-refractivity contribution in [1.29, 1.82) is 0 Å². The molecule has 0 radical (unpaired) electrons. The van der Waals surface area contributed by atoms with Gasteiger partial charge in [-0.3, -0.25) is 0 Å². The molecule has 17 heavy (non-hydrogen) atoms. The summed E-state index contributed by atoms with van der Waals surface area (Å²) >= 11 is 0. The summed E-state index contributed by atoms with van der Waals surface area (Å²) in [7, 11) is 3.45. The minimum Gasteiger partial charge on any atom is -0.383 e. The van der Waals surface area contributed by atoms with E-state index in [1.54, 1.807) is 14.2 Å². The van der Waals surface area contributed by atoms with Crippen LogP contribution in [0.5, 0.6) is 0 Å². The maximum absolute atomic E-state index is 4.99. The average molecular weight is 239 g/mol. The molecule has 0 spiro atoms. The van der Waals surface area contributed by atoms with Crippen LogP contribution in [-0.2, 0) is 18.2 Å². The fraction of sp³-hybridized carbons (Fsp3) is 0.727. The lowest BCUT2D eigenvalue weighted by Crippen LogP contribution is -2.34. The Kier molecular flexibility index (Phi) is 5.24. The molecule has 0 saturated heterocycles. The highest BCUT2D eigenvalue weighted by molar-refractivity contribution is 4.99. The molecule has 0 aliphatic carbocycles. The van der Waals surface area contributed by atoms with E-state index in [0.29, 0.717) is 6.61 Å². The Morgan fingerprint density at radius 3 is 2.88 bits per heavy atom. The fourth-order valence-corrected chi connectivity index (χ4v) is 1.51. The first-order chi connectivity index (χ1) is 8.09. The van der Waals surface area contributed by atoms with Crippen LogP contribution in [0, 0.1) is 5.41 Å². The Hall–Kier alpha value is -1.27. The van der Waals surface area contributed by atoms with Gasteiger partial charge in [0, 0.05) is 32.0 Å². The number of nitrogens with one attached hydrogen (secondary N) is 1. The van der Waals surface area contributed by atoms with E-state index >= 15 is 0 Å². The number of rotatable bonds is 8. The predicted octanol–water partition coefficient (Wildman–Crippen LogP) is 0.181. The highest BCUT2D eigenvalue weighted by Crippen LogP contribution is 2.20. The molecule has 1 aromatic heterocycles. The summed E-state index contributed by atoms with van der Waals surface area (Å²) in [6.07, 6.45) is 2.66. The Morgan fingerprint density at radius 2 is 2.35 bits per heavy atom. The molecule has 6 heteroatoms. The molecular weight excluding hydrogens is 218 g/mol. The Bertz CT molecular complexity index is 351. The van der Waals surface area contributed by atoms with Gasteiger partial charge in [0.2, 0.25) is 0 Å². The van der Waals surface area contributed by atoms with Crippen molar-refractivity contribution in [2.45, 2.75) is 13.3 Å². The van der Waals surface area contributed by atoms with Crippen molar-refractivity contribution < 1.29 is 4.74 Å². The van der Waals surface area contributed by atoms with Crippen LogP contribution in [0.1, 0.15) is 12.7 Å². The van der Waals surface area contributed by atoms with Crippen molar-refractivity contribution in [2.75, 3.05) is 26.8 Å². The van der Waals surface area contributed by atoms with Gasteiger partial charge < -0.3 is 10.1 Å². The number of aromatic nitrogens is 4. The molecule has 1 atom stereocenters. The number of nitrogens with zero attached hydrogens (tertiary/aromatic N) is 4. The number of methoxy groups -OCH3 is 1. The van der Waals surface area contributed by atoms with Crippen molar-refractivity contribution in [3.63, 3.8) is 0 Å². The third kappa shape index (κ3) is 4.62. The van der Waals surface area contributed by atoms with E-state index in [-0.39, 0.29) is 5.41 Å². The summed E-state index contributed by atoms with van der Waals surface area (Å²) < 4.78 is 4.99. The Labute approximate surface area is 102 Å². The smallest absolute Gasteiger partial charge is 0.175 e. The molecule has 1 heterocycles. The molecule has 1 unspecified atom stereocenters. The minimum atomic E-state index is -0.0726. The fourth-order valence-electron chi connectivity index (χ4n) is 1.51. The molecule has 0 aliphatic rings. The zero-order valence-corrected chi connectivity index (χ0v) is 10.8. The van der Waals surface area contributed by atoms with E-state index in [4.69, 9.17) is 4.74 Å². The second-order valence-electron chi connectivity index (χ2n) is 4.40. The SMILES string of the molecule is C=CC(C)(CNCCOC)Cc1nnn(C)n1. The van der Waals surface area contributed by atoms with Crippen molar-refractivity contribution >= 4 is 0 Å². The normalized spacial score (nSPS) is 14.5. The standard InChI is InChI=1S/C11H21N5O/c1-5-11(2,9-12-6-7-17-4)8-10-13-15-16(3)14-10/h5,12H,1,6-9H2,2-4H3. The van der Waals surface area contributed by atoms with Crippen molar-refractivity contribution in [3.05, 3.63) is 18.5 Å². The molecule has 0 bridgehead atoms. The molecule has 0 aromatic carbocycles. The Balaban J connectivity index is 2.47. The average Bonchev–Trinajstić information content (AvgIpc) is 2.70. The van der Waals surface area contributed by atoms with Gasteiger partial charge >= 0.3 is 0 Å². The number of tetrazole rings is 1. The second-order valence-corrected chi connectivity index (χ2v) is 4.40. The van der Waals surface area contributed by atoms with Crippen LogP contribution in [0.15, 0.2) is 12.7 Å². The molecule has 1 rings (SSSR count). The summed E-state index contributed by atoms with van der Waals surface area (Å²) in [5, 5.41) is 15.3. The number of hydrogen-bond acceptors (Lipinski definition) is 5. The highest BCUT2D eigenvalue weighted by atomic mass is 16.5.